The molecule has 2 nitrogen and oxygen atoms in total. The van der Waals surface area contributed by atoms with Crippen LogP contribution in [0.2, 0.25) is 0 Å². The smallest absolute Gasteiger partial charge is 0.281 e. The number of rotatable bonds is 1. The van der Waals surface area contributed by atoms with Gasteiger partial charge in [0.2, 0.25) is 0 Å². The SMILES string of the molecule is [N-]=[N+]=C/C=C1/C=Cc2ccccc21. The number of hydrogen-bond acceptors (Lipinski definition) is 0. The second kappa shape index (κ2) is 3.21. The fourth-order valence-electron chi connectivity index (χ4n) is 1.43. The van der Waals surface area contributed by atoms with Crippen molar-refractivity contribution in [1.29, 1.82) is 0 Å². The second-order valence-electron chi connectivity index (χ2n) is 2.81. The molecule has 1 aliphatic rings. The number of nitrogens with zero attached hydrogens (tertiary/aromatic N) is 2. The van der Waals surface area contributed by atoms with Crippen LogP contribution in [0, 0.1) is 0 Å². The summed E-state index contributed by atoms with van der Waals surface area (Å²) >= 11 is 0. The summed E-state index contributed by atoms with van der Waals surface area (Å²) < 4.78 is 0. The molecule has 0 saturated carbocycles. The Kier molecular flexibility index (Phi) is 1.91. The largest absolute Gasteiger partial charge is 0.362 e. The zero-order valence-corrected chi connectivity index (χ0v) is 7.01. The molecule has 62 valence electrons. The van der Waals surface area contributed by atoms with E-state index in [2.05, 4.69) is 10.9 Å². The molecule has 1 aromatic rings. The van der Waals surface area contributed by atoms with Gasteiger partial charge in [0.15, 0.2) is 0 Å². The first-order valence-electron chi connectivity index (χ1n) is 4.07. The lowest BCUT2D eigenvalue weighted by molar-refractivity contribution is 0.00518. The Balaban J connectivity index is 2.49. The maximum Gasteiger partial charge on any atom is 0.281 e. The Bertz CT molecular complexity index is 435. The molecule has 0 aromatic heterocycles. The molecule has 0 fully saturated rings. The van der Waals surface area contributed by atoms with Crippen LogP contribution in [0.15, 0.2) is 36.4 Å². The van der Waals surface area contributed by atoms with Crippen LogP contribution in [-0.2, 0) is 0 Å². The first-order valence-corrected chi connectivity index (χ1v) is 4.07. The van der Waals surface area contributed by atoms with E-state index in [9.17, 15) is 0 Å². The zero-order chi connectivity index (χ0) is 9.10. The van der Waals surface area contributed by atoms with Gasteiger partial charge >= 0.3 is 0 Å². The van der Waals surface area contributed by atoms with Crippen LogP contribution in [0.3, 0.4) is 0 Å². The molecule has 0 amide bonds. The third-order valence-corrected chi connectivity index (χ3v) is 2.04. The van der Waals surface area contributed by atoms with E-state index in [0.717, 1.165) is 5.57 Å². The first-order chi connectivity index (χ1) is 6.42. The lowest BCUT2D eigenvalue weighted by Crippen LogP contribution is -1.79. The monoisotopic (exact) mass is 168 g/mol. The average Bonchev–Trinajstić information content (AvgIpc) is 2.58. The molecule has 0 spiro atoms. The Hall–Kier alpha value is -1.92. The molecule has 1 aliphatic carbocycles. The van der Waals surface area contributed by atoms with Crippen LogP contribution >= 0.6 is 0 Å². The summed E-state index contributed by atoms with van der Waals surface area (Å²) in [5.41, 5.74) is 11.7. The highest BCUT2D eigenvalue weighted by molar-refractivity contribution is 5.95. The van der Waals surface area contributed by atoms with Crippen molar-refractivity contribution in [3.63, 3.8) is 0 Å². The van der Waals surface area contributed by atoms with Crippen LogP contribution in [0.1, 0.15) is 11.1 Å². The van der Waals surface area contributed by atoms with Gasteiger partial charge in [-0.05, 0) is 16.7 Å². The van der Waals surface area contributed by atoms with Crippen LogP contribution in [0.4, 0.5) is 0 Å². The predicted octanol–water partition coefficient (Wildman–Crippen LogP) is 2.40. The summed E-state index contributed by atoms with van der Waals surface area (Å²) in [4.78, 5) is 2.94. The molecule has 2 heteroatoms. The molecule has 0 atom stereocenters. The number of hydrogen-bond donors (Lipinski definition) is 0. The first kappa shape index (κ1) is 7.71. The Morgan fingerprint density at radius 2 is 2.00 bits per heavy atom. The number of fused-ring (bicyclic) bond motifs is 1. The summed E-state index contributed by atoms with van der Waals surface area (Å²) in [5, 5.41) is 0. The number of benzene rings is 1. The molecule has 0 N–H and O–H groups in total. The Morgan fingerprint density at radius 3 is 2.85 bits per heavy atom. The van der Waals surface area contributed by atoms with Gasteiger partial charge in [-0.3, -0.25) is 0 Å². The molecular weight excluding hydrogens is 160 g/mol. The van der Waals surface area contributed by atoms with Crippen LogP contribution in [0.5, 0.6) is 0 Å². The van der Waals surface area contributed by atoms with Crippen LogP contribution in [-0.4, -0.2) is 11.0 Å². The molecule has 0 saturated heterocycles. The minimum absolute atomic E-state index is 1.08. The molecule has 13 heavy (non-hydrogen) atoms. The van der Waals surface area contributed by atoms with E-state index in [1.54, 1.807) is 6.08 Å². The minimum Gasteiger partial charge on any atom is -0.362 e. The second-order valence-corrected chi connectivity index (χ2v) is 2.81. The lowest BCUT2D eigenvalue weighted by Gasteiger charge is -1.96. The van der Waals surface area contributed by atoms with Gasteiger partial charge in [-0.25, -0.2) is 0 Å². The third-order valence-electron chi connectivity index (χ3n) is 2.04. The average molecular weight is 168 g/mol. The van der Waals surface area contributed by atoms with Crippen molar-refractivity contribution in [2.45, 2.75) is 0 Å². The molecule has 0 heterocycles. The van der Waals surface area contributed by atoms with Crippen LogP contribution in [0.25, 0.3) is 17.2 Å². The topological polar surface area (TPSA) is 36.4 Å². The lowest BCUT2D eigenvalue weighted by atomic mass is 10.1. The van der Waals surface area contributed by atoms with Crippen molar-refractivity contribution in [2.24, 2.45) is 0 Å². The van der Waals surface area contributed by atoms with E-state index in [0.29, 0.717) is 0 Å². The van der Waals surface area contributed by atoms with Gasteiger partial charge in [-0.2, -0.15) is 4.79 Å². The molecule has 0 bridgehead atoms. The summed E-state index contributed by atoms with van der Waals surface area (Å²) in [7, 11) is 0. The quantitative estimate of drug-likeness (QED) is 0.351. The molecular formula is C11H8N2. The van der Waals surface area contributed by atoms with Gasteiger partial charge in [0.1, 0.15) is 0 Å². The van der Waals surface area contributed by atoms with Crippen molar-refractivity contribution < 1.29 is 4.79 Å². The van der Waals surface area contributed by atoms with E-state index >= 15 is 0 Å². The molecule has 0 aliphatic heterocycles. The predicted molar refractivity (Wildman–Crippen MR) is 53.1 cm³/mol. The molecule has 2 rings (SSSR count). The fourth-order valence-corrected chi connectivity index (χ4v) is 1.43. The zero-order valence-electron chi connectivity index (χ0n) is 7.01. The fraction of sp³-hybridized carbons (Fsp3) is 0. The summed E-state index contributed by atoms with van der Waals surface area (Å²) in [6.45, 7) is 0. The normalized spacial score (nSPS) is 15.5. The molecule has 0 unspecified atom stereocenters. The highest BCUT2D eigenvalue weighted by atomic mass is 14.8. The molecule has 0 radical (unpaired) electrons. The summed E-state index contributed by atoms with van der Waals surface area (Å²) in [6.07, 6.45) is 7.21. The van der Waals surface area contributed by atoms with E-state index in [1.165, 1.54) is 17.3 Å². The van der Waals surface area contributed by atoms with Gasteiger partial charge in [0, 0.05) is 6.08 Å². The molecule has 1 aromatic carbocycles. The summed E-state index contributed by atoms with van der Waals surface area (Å²) in [5.74, 6) is 0. The van der Waals surface area contributed by atoms with Crippen molar-refractivity contribution in [2.75, 3.05) is 0 Å². The minimum atomic E-state index is 1.08. The van der Waals surface area contributed by atoms with E-state index in [1.807, 2.05) is 30.4 Å². The Labute approximate surface area is 76.5 Å². The van der Waals surface area contributed by atoms with Gasteiger partial charge in [-0.1, -0.05) is 36.4 Å². The van der Waals surface area contributed by atoms with Gasteiger partial charge < -0.3 is 5.53 Å². The highest BCUT2D eigenvalue weighted by Crippen LogP contribution is 2.27. The van der Waals surface area contributed by atoms with Crippen molar-refractivity contribution in [3.05, 3.63) is 53.1 Å². The Morgan fingerprint density at radius 1 is 1.15 bits per heavy atom. The van der Waals surface area contributed by atoms with Crippen molar-refractivity contribution in [1.82, 2.24) is 0 Å². The summed E-state index contributed by atoms with van der Waals surface area (Å²) in [6, 6.07) is 8.11. The van der Waals surface area contributed by atoms with E-state index < -0.39 is 0 Å². The van der Waals surface area contributed by atoms with Crippen LogP contribution < -0.4 is 0 Å². The van der Waals surface area contributed by atoms with Gasteiger partial charge in [0.05, 0.1) is 0 Å². The van der Waals surface area contributed by atoms with E-state index in [-0.39, 0.29) is 0 Å². The number of allylic oxidation sites excluding steroid dienone is 3. The highest BCUT2D eigenvalue weighted by Gasteiger charge is 2.08. The van der Waals surface area contributed by atoms with Crippen molar-refractivity contribution >= 4 is 17.9 Å². The van der Waals surface area contributed by atoms with E-state index in [4.69, 9.17) is 5.53 Å². The standard InChI is InChI=1S/C11H8N2/c12-13-8-7-10-6-5-9-3-1-2-4-11(9)10/h1-8H/b10-7-. The van der Waals surface area contributed by atoms with Gasteiger partial charge in [0.25, 0.3) is 6.21 Å². The third kappa shape index (κ3) is 1.35. The van der Waals surface area contributed by atoms with Crippen molar-refractivity contribution in [3.8, 4) is 0 Å². The maximum atomic E-state index is 8.28. The maximum absolute atomic E-state index is 8.28. The van der Waals surface area contributed by atoms with Gasteiger partial charge in [-0.15, -0.1) is 0 Å².